The number of nitrogens with one attached hydrogen (secondary N) is 1. The lowest BCUT2D eigenvalue weighted by Crippen LogP contribution is -2.57. The quantitative estimate of drug-likeness (QED) is 0.718. The normalized spacial score (nSPS) is 31.2. The molecule has 2 saturated heterocycles. The first kappa shape index (κ1) is 15.0. The Morgan fingerprint density at radius 1 is 1.38 bits per heavy atom. The second-order valence-corrected chi connectivity index (χ2v) is 8.07. The molecule has 24 heavy (non-hydrogen) atoms. The van der Waals surface area contributed by atoms with Crippen LogP contribution in [0.4, 0.5) is 0 Å². The van der Waals surface area contributed by atoms with Crippen LogP contribution in [0.25, 0.3) is 10.9 Å². The Bertz CT molecular complexity index is 830. The molecule has 4 bridgehead atoms. The van der Waals surface area contributed by atoms with Crippen LogP contribution < -0.4 is 3.07 Å². The second kappa shape index (κ2) is 5.38. The van der Waals surface area contributed by atoms with Crippen LogP contribution in [0.5, 0.6) is 5.75 Å². The molecule has 0 spiro atoms. The number of aromatic nitrogens is 1. The zero-order valence-electron chi connectivity index (χ0n) is 13.7. The van der Waals surface area contributed by atoms with Crippen LogP contribution in [0.3, 0.4) is 0 Å². The molecule has 1 N–H and O–H groups in total. The van der Waals surface area contributed by atoms with Gasteiger partial charge in [0.2, 0.25) is 5.91 Å². The van der Waals surface area contributed by atoms with Gasteiger partial charge in [-0.2, -0.15) is 0 Å². The van der Waals surface area contributed by atoms with E-state index in [1.807, 2.05) is 29.1 Å². The van der Waals surface area contributed by atoms with Gasteiger partial charge in [0.15, 0.2) is 23.0 Å². The third-order valence-corrected chi connectivity index (χ3v) is 6.99. The number of benzene rings is 1. The average Bonchev–Trinajstić information content (AvgIpc) is 2.95. The monoisotopic (exact) mass is 436 g/mol. The Kier molecular flexibility index (Phi) is 3.37. The van der Waals surface area contributed by atoms with Crippen molar-refractivity contribution in [2.45, 2.75) is 44.6 Å². The Morgan fingerprint density at radius 2 is 2.25 bits per heavy atom. The van der Waals surface area contributed by atoms with Gasteiger partial charge in [0.1, 0.15) is 5.75 Å². The number of hydrogen-bond donors (Lipinski definition) is 1. The Labute approximate surface area is 155 Å². The molecule has 4 nitrogen and oxygen atoms in total. The lowest BCUT2D eigenvalue weighted by Gasteiger charge is -2.53. The van der Waals surface area contributed by atoms with Crippen molar-refractivity contribution in [2.24, 2.45) is 11.8 Å². The summed E-state index contributed by atoms with van der Waals surface area (Å²) in [4.78, 5) is 18.9. The summed E-state index contributed by atoms with van der Waals surface area (Å²) in [6, 6.07) is 6.53. The Hall–Kier alpha value is -1.24. The van der Waals surface area contributed by atoms with Crippen molar-refractivity contribution < 1.29 is 7.86 Å². The van der Waals surface area contributed by atoms with E-state index in [0.717, 1.165) is 23.2 Å². The van der Waals surface area contributed by atoms with Gasteiger partial charge in [0.05, 0.1) is 6.42 Å². The van der Waals surface area contributed by atoms with Crippen molar-refractivity contribution in [3.63, 3.8) is 0 Å². The maximum atomic E-state index is 13.0. The average molecular weight is 436 g/mol. The standard InChI is InChI=1S/C19H21IN2O2/c1-2-11-5-10-6-15-18-14(8-17(23)22(9-10)19(11)15)13-7-12(24-20)3-4-16(13)21-18/h3-4,7,10-11,15,19,21H,2,5-6,8-9H2,1H3. The summed E-state index contributed by atoms with van der Waals surface area (Å²) in [5.74, 6) is 2.95. The van der Waals surface area contributed by atoms with E-state index >= 15 is 0 Å². The highest BCUT2D eigenvalue weighted by atomic mass is 127. The maximum Gasteiger partial charge on any atom is 0.227 e. The molecule has 1 aliphatic carbocycles. The highest BCUT2D eigenvalue weighted by Crippen LogP contribution is 2.51. The summed E-state index contributed by atoms with van der Waals surface area (Å²) < 4.78 is 5.37. The molecule has 4 atom stereocenters. The summed E-state index contributed by atoms with van der Waals surface area (Å²) in [5, 5.41) is 1.16. The molecular weight excluding hydrogens is 415 g/mol. The van der Waals surface area contributed by atoms with Gasteiger partial charge in [-0.25, -0.2) is 0 Å². The van der Waals surface area contributed by atoms with E-state index in [1.165, 1.54) is 30.5 Å². The van der Waals surface area contributed by atoms with Crippen LogP contribution in [0.15, 0.2) is 18.2 Å². The third kappa shape index (κ3) is 1.99. The zero-order chi connectivity index (χ0) is 16.4. The highest BCUT2D eigenvalue weighted by Gasteiger charge is 2.50. The van der Waals surface area contributed by atoms with E-state index in [0.29, 0.717) is 36.1 Å². The van der Waals surface area contributed by atoms with Crippen molar-refractivity contribution in [1.82, 2.24) is 9.88 Å². The minimum absolute atomic E-state index is 0.313. The molecule has 4 aliphatic rings. The number of carbonyl (C=O) groups excluding carboxylic acids is 1. The van der Waals surface area contributed by atoms with Crippen molar-refractivity contribution in [1.29, 1.82) is 0 Å². The van der Waals surface area contributed by atoms with Crippen molar-refractivity contribution >= 4 is 39.8 Å². The van der Waals surface area contributed by atoms with Crippen molar-refractivity contribution in [2.75, 3.05) is 6.54 Å². The molecule has 4 unspecified atom stereocenters. The number of aromatic amines is 1. The van der Waals surface area contributed by atoms with Crippen LogP contribution in [0.1, 0.15) is 43.4 Å². The fourth-order valence-corrected chi connectivity index (χ4v) is 5.81. The van der Waals surface area contributed by atoms with Gasteiger partial charge >= 0.3 is 0 Å². The number of nitrogens with zero attached hydrogens (tertiary/aromatic N) is 1. The van der Waals surface area contributed by atoms with E-state index in [-0.39, 0.29) is 0 Å². The van der Waals surface area contributed by atoms with Crippen molar-refractivity contribution in [3.8, 4) is 5.75 Å². The van der Waals surface area contributed by atoms with Gasteiger partial charge in [0.25, 0.3) is 0 Å². The first-order chi connectivity index (χ1) is 11.7. The molecule has 3 aliphatic heterocycles. The molecule has 2 aromatic rings. The van der Waals surface area contributed by atoms with Crippen LogP contribution >= 0.6 is 23.0 Å². The smallest absolute Gasteiger partial charge is 0.227 e. The van der Waals surface area contributed by atoms with Crippen LogP contribution in [-0.2, 0) is 11.2 Å². The number of amides is 1. The predicted molar refractivity (Wildman–Crippen MR) is 101 cm³/mol. The number of halogens is 1. The van der Waals surface area contributed by atoms with Gasteiger partial charge in [-0.15, -0.1) is 0 Å². The summed E-state index contributed by atoms with van der Waals surface area (Å²) in [5.41, 5.74) is 3.66. The molecule has 1 saturated carbocycles. The number of piperidine rings is 2. The highest BCUT2D eigenvalue weighted by molar-refractivity contribution is 14.1. The lowest BCUT2D eigenvalue weighted by molar-refractivity contribution is -0.141. The fraction of sp³-hybridized carbons (Fsp3) is 0.526. The minimum atomic E-state index is 0.313. The molecule has 0 radical (unpaired) electrons. The molecule has 6 rings (SSSR count). The fourth-order valence-electron chi connectivity index (χ4n) is 5.53. The van der Waals surface area contributed by atoms with Gasteiger partial charge < -0.3 is 13.0 Å². The SMILES string of the molecule is CCC1CC2CC3c4[nH]c5ccc(OI)cc5c4CC(=O)N(C2)C13. The topological polar surface area (TPSA) is 45.3 Å². The van der Waals surface area contributed by atoms with Gasteiger partial charge in [-0.1, -0.05) is 13.3 Å². The van der Waals surface area contributed by atoms with E-state index in [1.54, 1.807) is 0 Å². The maximum absolute atomic E-state index is 13.0. The molecule has 1 amide bonds. The first-order valence-electron chi connectivity index (χ1n) is 8.92. The largest absolute Gasteiger partial charge is 0.428 e. The third-order valence-electron chi connectivity index (χ3n) is 6.48. The number of rotatable bonds is 2. The summed E-state index contributed by atoms with van der Waals surface area (Å²) >= 11 is 1.91. The van der Waals surface area contributed by atoms with Crippen LogP contribution in [-0.4, -0.2) is 28.4 Å². The van der Waals surface area contributed by atoms with Crippen LogP contribution in [0.2, 0.25) is 0 Å². The Balaban J connectivity index is 1.71. The van der Waals surface area contributed by atoms with E-state index < -0.39 is 0 Å². The van der Waals surface area contributed by atoms with Gasteiger partial charge in [-0.3, -0.25) is 4.79 Å². The number of hydrogen-bond acceptors (Lipinski definition) is 2. The van der Waals surface area contributed by atoms with Crippen LogP contribution in [0, 0.1) is 11.8 Å². The number of carbonyl (C=O) groups is 1. The molecule has 1 aromatic heterocycles. The van der Waals surface area contributed by atoms with Gasteiger partial charge in [-0.05, 0) is 48.4 Å². The Morgan fingerprint density at radius 3 is 3.04 bits per heavy atom. The van der Waals surface area contributed by atoms with Crippen molar-refractivity contribution in [3.05, 3.63) is 29.5 Å². The lowest BCUT2D eigenvalue weighted by atomic mass is 9.65. The molecule has 3 fully saturated rings. The van der Waals surface area contributed by atoms with E-state index in [9.17, 15) is 4.79 Å². The summed E-state index contributed by atoms with van der Waals surface area (Å²) in [6.07, 6.45) is 4.21. The number of H-pyrrole nitrogens is 1. The molecule has 1 aromatic carbocycles. The molecule has 126 valence electrons. The second-order valence-electron chi connectivity index (χ2n) is 7.63. The van der Waals surface area contributed by atoms with E-state index in [2.05, 4.69) is 28.9 Å². The molecular formula is C19H21IN2O2. The van der Waals surface area contributed by atoms with Gasteiger partial charge in [0, 0.05) is 35.1 Å². The minimum Gasteiger partial charge on any atom is -0.428 e. The summed E-state index contributed by atoms with van der Waals surface area (Å²) in [6.45, 7) is 3.25. The summed E-state index contributed by atoms with van der Waals surface area (Å²) in [7, 11) is 0. The predicted octanol–water partition coefficient (Wildman–Crippen LogP) is 4.18. The molecule has 5 heteroatoms. The first-order valence-corrected chi connectivity index (χ1v) is 9.80. The zero-order valence-corrected chi connectivity index (χ0v) is 15.9. The number of fused-ring (bicyclic) bond motifs is 4. The van der Waals surface area contributed by atoms with E-state index in [4.69, 9.17) is 3.07 Å². The molecule has 4 heterocycles.